The molecule has 2 N–H and O–H groups in total. The van der Waals surface area contributed by atoms with Gasteiger partial charge in [0, 0.05) is 17.9 Å². The summed E-state index contributed by atoms with van der Waals surface area (Å²) in [5, 5.41) is 0.718. The van der Waals surface area contributed by atoms with Gasteiger partial charge in [0.05, 0.1) is 11.6 Å². The van der Waals surface area contributed by atoms with Gasteiger partial charge in [-0.25, -0.2) is 0 Å². The van der Waals surface area contributed by atoms with Gasteiger partial charge in [-0.2, -0.15) is 0 Å². The summed E-state index contributed by atoms with van der Waals surface area (Å²) in [5.41, 5.74) is 5.77. The molecule has 0 radical (unpaired) electrons. The lowest BCUT2D eigenvalue weighted by Crippen LogP contribution is -2.47. The van der Waals surface area contributed by atoms with Crippen LogP contribution in [0, 0.1) is 0 Å². The van der Waals surface area contributed by atoms with E-state index < -0.39 is 17.9 Å². The minimum absolute atomic E-state index is 0.0671. The Hall–Kier alpha value is -2.77. The number of hydrogen-bond donors (Lipinski definition) is 2. The first-order valence-electron chi connectivity index (χ1n) is 10.2. The molecule has 0 aromatic heterocycles. The summed E-state index contributed by atoms with van der Waals surface area (Å²) in [5.74, 6) is -1.03. The molecule has 0 bridgehead atoms. The quantitative estimate of drug-likeness (QED) is 0.284. The van der Waals surface area contributed by atoms with E-state index in [2.05, 4.69) is 10.9 Å². The number of amides is 2. The Labute approximate surface area is 197 Å². The molecule has 9 heteroatoms. The molecule has 0 saturated heterocycles. The molecule has 1 unspecified atom stereocenters. The van der Waals surface area contributed by atoms with Crippen molar-refractivity contribution >= 4 is 41.0 Å². The minimum Gasteiger partial charge on any atom is -0.479 e. The average molecular weight is 481 g/mol. The van der Waals surface area contributed by atoms with E-state index in [4.69, 9.17) is 32.7 Å². The van der Waals surface area contributed by atoms with E-state index in [1.807, 2.05) is 30.3 Å². The number of esters is 1. The second kappa shape index (κ2) is 13.6. The zero-order valence-electron chi connectivity index (χ0n) is 17.7. The highest BCUT2D eigenvalue weighted by Crippen LogP contribution is 2.28. The normalized spacial score (nSPS) is 11.3. The standard InChI is InChI=1S/C23H26Cl2N2O5/c1-16(32-20-13-12-18(24)15-19(20)25)23(30)27-26-21(28)10-5-11-22(29)31-14-6-9-17-7-3-2-4-8-17/h2-4,7-8,12-13,15-16H,5-6,9-11,14H2,1H3,(H,26,28)(H,27,30). The van der Waals surface area contributed by atoms with Crippen LogP contribution in [-0.2, 0) is 25.5 Å². The van der Waals surface area contributed by atoms with Crippen molar-refractivity contribution in [2.75, 3.05) is 6.61 Å². The van der Waals surface area contributed by atoms with Crippen molar-refractivity contribution in [2.24, 2.45) is 0 Å². The maximum atomic E-state index is 12.1. The molecule has 0 aliphatic rings. The Morgan fingerprint density at radius 3 is 2.44 bits per heavy atom. The van der Waals surface area contributed by atoms with E-state index >= 15 is 0 Å². The van der Waals surface area contributed by atoms with Crippen molar-refractivity contribution in [2.45, 2.75) is 45.1 Å². The Balaban J connectivity index is 1.56. The number of benzene rings is 2. The number of ether oxygens (including phenoxy) is 2. The van der Waals surface area contributed by atoms with Crippen LogP contribution in [0.1, 0.15) is 38.2 Å². The summed E-state index contributed by atoms with van der Waals surface area (Å²) in [4.78, 5) is 35.7. The van der Waals surface area contributed by atoms with Crippen LogP contribution in [-0.4, -0.2) is 30.5 Å². The van der Waals surface area contributed by atoms with Gasteiger partial charge in [0.1, 0.15) is 5.75 Å². The molecule has 0 aliphatic carbocycles. The zero-order chi connectivity index (χ0) is 23.3. The predicted octanol–water partition coefficient (Wildman–Crippen LogP) is 4.25. The highest BCUT2D eigenvalue weighted by atomic mass is 35.5. The second-order valence-corrected chi connectivity index (χ2v) is 7.88. The third-order valence-electron chi connectivity index (χ3n) is 4.39. The van der Waals surface area contributed by atoms with E-state index in [9.17, 15) is 14.4 Å². The van der Waals surface area contributed by atoms with Crippen molar-refractivity contribution in [3.8, 4) is 5.75 Å². The molecule has 32 heavy (non-hydrogen) atoms. The molecule has 7 nitrogen and oxygen atoms in total. The topological polar surface area (TPSA) is 93.7 Å². The fourth-order valence-corrected chi connectivity index (χ4v) is 3.14. The van der Waals surface area contributed by atoms with Crippen LogP contribution in [0.5, 0.6) is 5.75 Å². The van der Waals surface area contributed by atoms with Gasteiger partial charge in [0.25, 0.3) is 5.91 Å². The fraction of sp³-hybridized carbons (Fsp3) is 0.348. The van der Waals surface area contributed by atoms with Crippen molar-refractivity contribution in [3.63, 3.8) is 0 Å². The van der Waals surface area contributed by atoms with Gasteiger partial charge in [0.2, 0.25) is 5.91 Å². The summed E-state index contributed by atoms with van der Waals surface area (Å²) < 4.78 is 10.6. The lowest BCUT2D eigenvalue weighted by Gasteiger charge is -2.16. The highest BCUT2D eigenvalue weighted by molar-refractivity contribution is 6.35. The maximum Gasteiger partial charge on any atom is 0.305 e. The van der Waals surface area contributed by atoms with Crippen molar-refractivity contribution in [1.82, 2.24) is 10.9 Å². The van der Waals surface area contributed by atoms with Crippen LogP contribution in [0.4, 0.5) is 0 Å². The maximum absolute atomic E-state index is 12.1. The lowest BCUT2D eigenvalue weighted by atomic mass is 10.1. The Morgan fingerprint density at radius 2 is 1.72 bits per heavy atom. The Bertz CT molecular complexity index is 909. The second-order valence-electron chi connectivity index (χ2n) is 7.04. The van der Waals surface area contributed by atoms with Crippen LogP contribution < -0.4 is 15.6 Å². The average Bonchev–Trinajstić information content (AvgIpc) is 2.77. The molecule has 172 valence electrons. The van der Waals surface area contributed by atoms with Gasteiger partial charge >= 0.3 is 5.97 Å². The van der Waals surface area contributed by atoms with E-state index in [1.54, 1.807) is 12.1 Å². The highest BCUT2D eigenvalue weighted by Gasteiger charge is 2.17. The first kappa shape index (κ1) is 25.5. The molecular weight excluding hydrogens is 455 g/mol. The van der Waals surface area contributed by atoms with Gasteiger partial charge in [-0.1, -0.05) is 53.5 Å². The summed E-state index contributed by atoms with van der Waals surface area (Å²) in [6, 6.07) is 14.6. The fourth-order valence-electron chi connectivity index (χ4n) is 2.68. The first-order chi connectivity index (χ1) is 15.3. The zero-order valence-corrected chi connectivity index (χ0v) is 19.2. The Morgan fingerprint density at radius 1 is 0.969 bits per heavy atom. The molecule has 1 atom stereocenters. The van der Waals surface area contributed by atoms with Crippen molar-refractivity contribution in [1.29, 1.82) is 0 Å². The number of carbonyl (C=O) groups is 3. The predicted molar refractivity (Wildman–Crippen MR) is 122 cm³/mol. The number of rotatable bonds is 11. The number of nitrogens with one attached hydrogen (secondary N) is 2. The largest absolute Gasteiger partial charge is 0.479 e. The van der Waals surface area contributed by atoms with Crippen LogP contribution in [0.3, 0.4) is 0 Å². The smallest absolute Gasteiger partial charge is 0.305 e. The van der Waals surface area contributed by atoms with Gasteiger partial charge in [-0.05, 0) is 49.9 Å². The van der Waals surface area contributed by atoms with Gasteiger partial charge < -0.3 is 9.47 Å². The van der Waals surface area contributed by atoms with Gasteiger partial charge in [-0.15, -0.1) is 0 Å². The van der Waals surface area contributed by atoms with Crippen LogP contribution in [0.25, 0.3) is 0 Å². The van der Waals surface area contributed by atoms with E-state index in [1.165, 1.54) is 18.6 Å². The number of carbonyl (C=O) groups excluding carboxylic acids is 3. The Kier molecular flexibility index (Phi) is 10.8. The molecule has 0 fully saturated rings. The third kappa shape index (κ3) is 9.58. The molecular formula is C23H26Cl2N2O5. The molecule has 0 aliphatic heterocycles. The summed E-state index contributed by atoms with van der Waals surface area (Å²) in [6.45, 7) is 1.85. The van der Waals surface area contributed by atoms with Crippen LogP contribution >= 0.6 is 23.2 Å². The van der Waals surface area contributed by atoms with Gasteiger partial charge in [-0.3, -0.25) is 25.2 Å². The first-order valence-corrected chi connectivity index (χ1v) is 11.0. The SMILES string of the molecule is CC(Oc1ccc(Cl)cc1Cl)C(=O)NNC(=O)CCCC(=O)OCCCc1ccccc1. The van der Waals surface area contributed by atoms with Crippen LogP contribution in [0.15, 0.2) is 48.5 Å². The van der Waals surface area contributed by atoms with E-state index in [0.29, 0.717) is 23.8 Å². The minimum atomic E-state index is -0.903. The number of hydrogen-bond acceptors (Lipinski definition) is 5. The third-order valence-corrected chi connectivity index (χ3v) is 4.92. The molecule has 2 amide bonds. The number of hydrazine groups is 1. The summed E-state index contributed by atoms with van der Waals surface area (Å²) in [7, 11) is 0. The monoisotopic (exact) mass is 480 g/mol. The molecule has 0 heterocycles. The van der Waals surface area contributed by atoms with Gasteiger partial charge in [0.15, 0.2) is 6.10 Å². The number of aryl methyl sites for hydroxylation is 1. The van der Waals surface area contributed by atoms with E-state index in [-0.39, 0.29) is 23.8 Å². The van der Waals surface area contributed by atoms with Crippen molar-refractivity contribution < 1.29 is 23.9 Å². The molecule has 2 aromatic rings. The molecule has 0 saturated carbocycles. The molecule has 2 rings (SSSR count). The number of halogens is 2. The van der Waals surface area contributed by atoms with Crippen LogP contribution in [0.2, 0.25) is 10.0 Å². The summed E-state index contributed by atoms with van der Waals surface area (Å²) >= 11 is 11.8. The lowest BCUT2D eigenvalue weighted by molar-refractivity contribution is -0.144. The van der Waals surface area contributed by atoms with Crippen molar-refractivity contribution in [3.05, 3.63) is 64.1 Å². The van der Waals surface area contributed by atoms with E-state index in [0.717, 1.165) is 12.8 Å². The molecule has 2 aromatic carbocycles. The molecule has 0 spiro atoms. The summed E-state index contributed by atoms with van der Waals surface area (Å²) in [6.07, 6.45) is 1.18.